The summed E-state index contributed by atoms with van der Waals surface area (Å²) in [5, 5.41) is 0. The first-order valence-corrected chi connectivity index (χ1v) is 13.8. The Kier molecular flexibility index (Phi) is 9.33. The van der Waals surface area contributed by atoms with Crippen molar-refractivity contribution in [1.82, 2.24) is 0 Å². The number of hydrogen-bond donors (Lipinski definition) is 0. The van der Waals surface area contributed by atoms with Crippen LogP contribution in [0, 0.1) is 0 Å². The normalized spacial score (nSPS) is 9.80. The van der Waals surface area contributed by atoms with E-state index in [-0.39, 0.29) is 0 Å². The molecule has 0 amide bonds. The molecular weight excluding hydrogens is 449 g/mol. The number of para-hydroxylation sites is 4. The van der Waals surface area contributed by atoms with Crippen molar-refractivity contribution in [3.8, 4) is 11.5 Å². The first-order valence-electron chi connectivity index (χ1n) is 9.46. The summed E-state index contributed by atoms with van der Waals surface area (Å²) >= 11 is -0.556. The number of anilines is 2. The molecule has 4 aromatic rings. The SMILES string of the molecule is [Cl][Ti][Cl].c1ccc(Oc2ccccc2CN(c2ccccc2)c2ccccc2)cc1. The van der Waals surface area contributed by atoms with E-state index in [1.807, 2.05) is 54.6 Å². The molecule has 0 atom stereocenters. The minimum Gasteiger partial charge on any atom is -0.457 e. The number of ether oxygens (including phenoxy) is 1. The number of nitrogens with zero attached hydrogens (tertiary/aromatic N) is 1. The second kappa shape index (κ2) is 12.5. The number of rotatable bonds is 6. The van der Waals surface area contributed by atoms with Crippen LogP contribution >= 0.6 is 18.6 Å². The quantitative estimate of drug-likeness (QED) is 0.264. The van der Waals surface area contributed by atoms with Crippen LogP contribution in [0.1, 0.15) is 5.56 Å². The van der Waals surface area contributed by atoms with E-state index < -0.39 is 17.0 Å². The van der Waals surface area contributed by atoms with Gasteiger partial charge in [-0.05, 0) is 42.5 Å². The second-order valence-electron chi connectivity index (χ2n) is 6.35. The minimum atomic E-state index is -0.556. The summed E-state index contributed by atoms with van der Waals surface area (Å²) in [4.78, 5) is 2.30. The van der Waals surface area contributed by atoms with Gasteiger partial charge in [0.05, 0.1) is 6.54 Å². The summed E-state index contributed by atoms with van der Waals surface area (Å²) in [5.41, 5.74) is 3.44. The third kappa shape index (κ3) is 6.65. The van der Waals surface area contributed by atoms with E-state index >= 15 is 0 Å². The predicted molar refractivity (Wildman–Crippen MR) is 123 cm³/mol. The van der Waals surface area contributed by atoms with Crippen molar-refractivity contribution in [3.05, 3.63) is 121 Å². The minimum absolute atomic E-state index is 0.556. The van der Waals surface area contributed by atoms with Crippen LogP contribution < -0.4 is 9.64 Å². The molecule has 0 saturated heterocycles. The average Bonchev–Trinajstić information content (AvgIpc) is 2.81. The van der Waals surface area contributed by atoms with Gasteiger partial charge in [0, 0.05) is 16.9 Å². The van der Waals surface area contributed by atoms with Gasteiger partial charge in [0.15, 0.2) is 0 Å². The molecule has 0 radical (unpaired) electrons. The molecular formula is C25H21Cl2NOTi. The molecule has 0 aliphatic carbocycles. The molecule has 0 aromatic heterocycles. The second-order valence-corrected chi connectivity index (χ2v) is 8.93. The molecule has 0 saturated carbocycles. The van der Waals surface area contributed by atoms with Gasteiger partial charge in [-0.2, -0.15) is 0 Å². The maximum Gasteiger partial charge on any atom is 0.132 e. The molecule has 0 aliphatic rings. The molecule has 5 heteroatoms. The number of halogens is 2. The predicted octanol–water partition coefficient (Wildman–Crippen LogP) is 8.19. The van der Waals surface area contributed by atoms with E-state index in [2.05, 4.69) is 65.6 Å². The molecule has 0 heterocycles. The number of benzene rings is 4. The fraction of sp³-hybridized carbons (Fsp3) is 0.0400. The molecule has 0 unspecified atom stereocenters. The van der Waals surface area contributed by atoms with E-state index in [1.54, 1.807) is 0 Å². The Bertz CT molecular complexity index is 962. The van der Waals surface area contributed by atoms with Gasteiger partial charge in [-0.25, -0.2) is 0 Å². The molecule has 0 spiro atoms. The van der Waals surface area contributed by atoms with Crippen molar-refractivity contribution in [1.29, 1.82) is 0 Å². The average molecular weight is 470 g/mol. The monoisotopic (exact) mass is 469 g/mol. The molecule has 30 heavy (non-hydrogen) atoms. The maximum absolute atomic E-state index is 6.16. The van der Waals surface area contributed by atoms with Crippen LogP contribution in [-0.4, -0.2) is 0 Å². The summed E-state index contributed by atoms with van der Waals surface area (Å²) in [6.45, 7) is 0.719. The maximum atomic E-state index is 6.16. The fourth-order valence-corrected chi connectivity index (χ4v) is 3.07. The van der Waals surface area contributed by atoms with E-state index in [1.165, 1.54) is 0 Å². The summed E-state index contributed by atoms with van der Waals surface area (Å²) < 4.78 is 6.16. The van der Waals surface area contributed by atoms with Crippen molar-refractivity contribution >= 4 is 30.0 Å². The zero-order valence-corrected chi connectivity index (χ0v) is 19.4. The first-order chi connectivity index (χ1) is 14.8. The smallest absolute Gasteiger partial charge is 0.132 e. The van der Waals surface area contributed by atoms with Crippen LogP contribution in [0.5, 0.6) is 11.5 Å². The van der Waals surface area contributed by atoms with Gasteiger partial charge in [-0.3, -0.25) is 0 Å². The molecule has 0 aliphatic heterocycles. The summed E-state index contributed by atoms with van der Waals surface area (Å²) in [7, 11) is 9.78. The third-order valence-corrected chi connectivity index (χ3v) is 4.41. The van der Waals surface area contributed by atoms with Crippen LogP contribution in [0.3, 0.4) is 0 Å². The fourth-order valence-electron chi connectivity index (χ4n) is 3.07. The van der Waals surface area contributed by atoms with Crippen molar-refractivity contribution in [2.45, 2.75) is 6.54 Å². The number of hydrogen-bond acceptors (Lipinski definition) is 2. The Morgan fingerprint density at radius 1 is 0.600 bits per heavy atom. The molecule has 150 valence electrons. The Labute approximate surface area is 194 Å². The van der Waals surface area contributed by atoms with E-state index in [0.29, 0.717) is 0 Å². The third-order valence-electron chi connectivity index (χ3n) is 4.41. The van der Waals surface area contributed by atoms with Crippen molar-refractivity contribution in [2.75, 3.05) is 4.90 Å². The van der Waals surface area contributed by atoms with Crippen LogP contribution in [0.15, 0.2) is 115 Å². The molecule has 4 rings (SSSR count). The Morgan fingerprint density at radius 3 is 1.57 bits per heavy atom. The van der Waals surface area contributed by atoms with Crippen molar-refractivity contribution in [3.63, 3.8) is 0 Å². The summed E-state index contributed by atoms with van der Waals surface area (Å²) in [6, 6.07) is 39.0. The molecule has 0 bridgehead atoms. The van der Waals surface area contributed by atoms with Gasteiger partial charge in [0.2, 0.25) is 0 Å². The standard InChI is InChI=1S/C25H21NO.2ClH.Ti/c1-4-13-22(14-5-1)26(23-15-6-2-7-16-23)20-21-12-10-11-19-25(21)27-24-17-8-3-9-18-24;;;/h1-19H,20H2;2*1H;/q;;;+2/p-2. The van der Waals surface area contributed by atoms with E-state index in [4.69, 9.17) is 23.3 Å². The van der Waals surface area contributed by atoms with Gasteiger partial charge >= 0.3 is 35.6 Å². The van der Waals surface area contributed by atoms with Gasteiger partial charge in [-0.1, -0.05) is 72.8 Å². The van der Waals surface area contributed by atoms with Gasteiger partial charge in [0.1, 0.15) is 11.5 Å². The topological polar surface area (TPSA) is 12.5 Å². The van der Waals surface area contributed by atoms with Crippen LogP contribution in [-0.2, 0) is 23.6 Å². The Balaban J connectivity index is 0.000000806. The van der Waals surface area contributed by atoms with Crippen molar-refractivity contribution < 1.29 is 21.8 Å². The molecule has 4 aromatic carbocycles. The molecule has 0 N–H and O–H groups in total. The van der Waals surface area contributed by atoms with Gasteiger partial charge < -0.3 is 9.64 Å². The van der Waals surface area contributed by atoms with Crippen LogP contribution in [0.2, 0.25) is 0 Å². The Hall–Kier alpha value is -2.23. The zero-order valence-electron chi connectivity index (χ0n) is 16.3. The van der Waals surface area contributed by atoms with Gasteiger partial charge in [0.25, 0.3) is 0 Å². The van der Waals surface area contributed by atoms with Gasteiger partial charge in [-0.15, -0.1) is 0 Å². The van der Waals surface area contributed by atoms with Crippen molar-refractivity contribution in [2.24, 2.45) is 0 Å². The summed E-state index contributed by atoms with van der Waals surface area (Å²) in [5.74, 6) is 1.72. The zero-order chi connectivity index (χ0) is 21.0. The summed E-state index contributed by atoms with van der Waals surface area (Å²) in [6.07, 6.45) is 0. The van der Waals surface area contributed by atoms with Crippen LogP contribution in [0.4, 0.5) is 11.4 Å². The molecule has 2 nitrogen and oxygen atoms in total. The van der Waals surface area contributed by atoms with E-state index in [9.17, 15) is 0 Å². The Morgan fingerprint density at radius 2 is 1.03 bits per heavy atom. The van der Waals surface area contributed by atoms with E-state index in [0.717, 1.165) is 35.0 Å². The van der Waals surface area contributed by atoms with Crippen LogP contribution in [0.25, 0.3) is 0 Å². The molecule has 0 fully saturated rings. The largest absolute Gasteiger partial charge is 0.457 e. The first kappa shape index (κ1) is 22.5.